The molecule has 0 aromatic rings. The second-order valence-corrected chi connectivity index (χ2v) is 3.06. The number of aromatic nitrogens is 3. The lowest BCUT2D eigenvalue weighted by Crippen LogP contribution is -1.96. The minimum absolute atomic E-state index is 1.07. The summed E-state index contributed by atoms with van der Waals surface area (Å²) in [6.07, 6.45) is 3.87. The highest BCUT2D eigenvalue weighted by atomic mass is 15.2. The van der Waals surface area contributed by atoms with Crippen molar-refractivity contribution in [1.29, 1.82) is 0 Å². The Labute approximate surface area is 71.4 Å². The average Bonchev–Trinajstić information content (AvgIpc) is 2.28. The van der Waals surface area contributed by atoms with Crippen molar-refractivity contribution in [2.45, 2.75) is 13.8 Å². The largest absolute Gasteiger partial charge is 0.275 e. The molecule has 12 heavy (non-hydrogen) atoms. The van der Waals surface area contributed by atoms with Crippen LogP contribution in [0.25, 0.3) is 11.1 Å². The molecule has 0 aliphatic carbocycles. The first-order valence-electron chi connectivity index (χ1n) is 3.94. The highest BCUT2D eigenvalue weighted by molar-refractivity contribution is 5.68. The first-order chi connectivity index (χ1) is 5.68. The molecule has 0 saturated heterocycles. The molecular formula is C9H11N3. The number of rotatable bonds is 0. The lowest BCUT2D eigenvalue weighted by molar-refractivity contribution is 0.739. The molecule has 2 heterocycles. The molecule has 2 aliphatic rings. The summed E-state index contributed by atoms with van der Waals surface area (Å²) in [6, 6.07) is 0. The maximum atomic E-state index is 4.38. The smallest absolute Gasteiger partial charge is 0.0572 e. The molecule has 0 bridgehead atoms. The van der Waals surface area contributed by atoms with E-state index in [1.807, 2.05) is 33.3 Å². The van der Waals surface area contributed by atoms with Gasteiger partial charge in [-0.1, -0.05) is 0 Å². The van der Waals surface area contributed by atoms with Crippen molar-refractivity contribution >= 4 is 0 Å². The second kappa shape index (κ2) is 2.30. The molecule has 0 spiro atoms. The van der Waals surface area contributed by atoms with Gasteiger partial charge < -0.3 is 0 Å². The summed E-state index contributed by atoms with van der Waals surface area (Å²) < 4.78 is 1.80. The SMILES string of the molecule is Cc1nc(C)c2cn(C)ncc1-2. The first-order valence-corrected chi connectivity index (χ1v) is 3.94. The molecule has 3 heteroatoms. The highest BCUT2D eigenvalue weighted by Crippen LogP contribution is 2.26. The summed E-state index contributed by atoms with van der Waals surface area (Å²) in [5, 5.41) is 4.16. The van der Waals surface area contributed by atoms with E-state index in [1.165, 1.54) is 5.56 Å². The van der Waals surface area contributed by atoms with Crippen molar-refractivity contribution in [3.8, 4) is 11.1 Å². The monoisotopic (exact) mass is 161 g/mol. The van der Waals surface area contributed by atoms with Crippen molar-refractivity contribution in [2.75, 3.05) is 0 Å². The summed E-state index contributed by atoms with van der Waals surface area (Å²) in [4.78, 5) is 4.38. The third-order valence-corrected chi connectivity index (χ3v) is 2.09. The molecule has 0 unspecified atom stereocenters. The third kappa shape index (κ3) is 0.897. The van der Waals surface area contributed by atoms with Gasteiger partial charge in [0.1, 0.15) is 0 Å². The summed E-state index contributed by atoms with van der Waals surface area (Å²) in [5.74, 6) is 0. The van der Waals surface area contributed by atoms with Crippen molar-refractivity contribution in [2.24, 2.45) is 7.05 Å². The topological polar surface area (TPSA) is 30.7 Å². The molecule has 0 radical (unpaired) electrons. The molecule has 0 amide bonds. The molecule has 0 fully saturated rings. The summed E-state index contributed by atoms with van der Waals surface area (Å²) in [5.41, 5.74) is 4.51. The molecule has 2 rings (SSSR count). The standard InChI is InChI=1S/C9H11N3/c1-6-8-4-10-12(3)5-9(8)7(2)11-6/h4-5H,1-3H3. The third-order valence-electron chi connectivity index (χ3n) is 2.09. The van der Waals surface area contributed by atoms with E-state index in [0.717, 1.165) is 17.0 Å². The van der Waals surface area contributed by atoms with Crippen molar-refractivity contribution < 1.29 is 0 Å². The average molecular weight is 161 g/mol. The maximum Gasteiger partial charge on any atom is 0.0572 e. The van der Waals surface area contributed by atoms with Crippen molar-refractivity contribution in [1.82, 2.24) is 14.8 Å². The number of fused-ring (bicyclic) bond motifs is 1. The van der Waals surface area contributed by atoms with Crippen LogP contribution in [-0.2, 0) is 7.05 Å². The summed E-state index contributed by atoms with van der Waals surface area (Å²) >= 11 is 0. The second-order valence-electron chi connectivity index (χ2n) is 3.06. The minimum atomic E-state index is 1.07. The van der Waals surface area contributed by atoms with E-state index < -0.39 is 0 Å². The van der Waals surface area contributed by atoms with Gasteiger partial charge in [0.25, 0.3) is 0 Å². The van der Waals surface area contributed by atoms with Gasteiger partial charge in [-0.05, 0) is 13.8 Å². The van der Waals surface area contributed by atoms with Gasteiger partial charge in [-0.2, -0.15) is 5.10 Å². The van der Waals surface area contributed by atoms with Crippen LogP contribution in [0.3, 0.4) is 0 Å². The van der Waals surface area contributed by atoms with E-state index in [1.54, 1.807) is 4.68 Å². The predicted octanol–water partition coefficient (Wildman–Crippen LogP) is 1.54. The lowest BCUT2D eigenvalue weighted by atomic mass is 10.1. The van der Waals surface area contributed by atoms with Crippen LogP contribution in [0.5, 0.6) is 0 Å². The number of aryl methyl sites for hydroxylation is 3. The van der Waals surface area contributed by atoms with Crippen LogP contribution in [0, 0.1) is 13.8 Å². The van der Waals surface area contributed by atoms with E-state index >= 15 is 0 Å². The van der Waals surface area contributed by atoms with E-state index in [2.05, 4.69) is 10.1 Å². The Bertz CT molecular complexity index is 389. The summed E-state index contributed by atoms with van der Waals surface area (Å²) in [6.45, 7) is 4.03. The van der Waals surface area contributed by atoms with Crippen LogP contribution in [0.2, 0.25) is 0 Å². The van der Waals surface area contributed by atoms with E-state index in [4.69, 9.17) is 0 Å². The fourth-order valence-corrected chi connectivity index (χ4v) is 1.46. The van der Waals surface area contributed by atoms with Crippen LogP contribution < -0.4 is 0 Å². The quantitative estimate of drug-likeness (QED) is 0.586. The number of hydrogen-bond donors (Lipinski definition) is 0. The zero-order chi connectivity index (χ0) is 8.72. The first kappa shape index (κ1) is 7.28. The zero-order valence-electron chi connectivity index (χ0n) is 7.50. The molecule has 0 aromatic carbocycles. The molecule has 0 saturated carbocycles. The minimum Gasteiger partial charge on any atom is -0.275 e. The van der Waals surface area contributed by atoms with Crippen LogP contribution in [0.4, 0.5) is 0 Å². The lowest BCUT2D eigenvalue weighted by Gasteiger charge is -2.01. The normalized spacial score (nSPS) is 10.9. The number of nitrogens with zero attached hydrogens (tertiary/aromatic N) is 3. The fourth-order valence-electron chi connectivity index (χ4n) is 1.46. The summed E-state index contributed by atoms with van der Waals surface area (Å²) in [7, 11) is 1.92. The van der Waals surface area contributed by atoms with Gasteiger partial charge in [0.2, 0.25) is 0 Å². The Morgan fingerprint density at radius 1 is 1.17 bits per heavy atom. The van der Waals surface area contributed by atoms with E-state index in [-0.39, 0.29) is 0 Å². The van der Waals surface area contributed by atoms with E-state index in [0.29, 0.717) is 0 Å². The molecule has 3 nitrogen and oxygen atoms in total. The van der Waals surface area contributed by atoms with Crippen LogP contribution >= 0.6 is 0 Å². The van der Waals surface area contributed by atoms with Crippen LogP contribution in [0.15, 0.2) is 12.4 Å². The molecular weight excluding hydrogens is 150 g/mol. The van der Waals surface area contributed by atoms with Gasteiger partial charge >= 0.3 is 0 Å². The van der Waals surface area contributed by atoms with Gasteiger partial charge in [-0.3, -0.25) is 9.67 Å². The molecule has 0 aromatic heterocycles. The Kier molecular flexibility index (Phi) is 1.40. The molecule has 62 valence electrons. The maximum absolute atomic E-state index is 4.38. The van der Waals surface area contributed by atoms with Gasteiger partial charge in [-0.15, -0.1) is 0 Å². The van der Waals surface area contributed by atoms with Gasteiger partial charge in [0.15, 0.2) is 0 Å². The Morgan fingerprint density at radius 2 is 1.83 bits per heavy atom. The van der Waals surface area contributed by atoms with Gasteiger partial charge in [0.05, 0.1) is 6.20 Å². The fraction of sp³-hybridized carbons (Fsp3) is 0.333. The number of hydrogen-bond acceptors (Lipinski definition) is 2. The Morgan fingerprint density at radius 3 is 2.58 bits per heavy atom. The predicted molar refractivity (Wildman–Crippen MR) is 47.1 cm³/mol. The molecule has 2 aliphatic heterocycles. The highest BCUT2D eigenvalue weighted by Gasteiger charge is 2.11. The molecule has 0 N–H and O–H groups in total. The van der Waals surface area contributed by atoms with Gasteiger partial charge in [-0.25, -0.2) is 0 Å². The molecule has 0 atom stereocenters. The zero-order valence-corrected chi connectivity index (χ0v) is 7.50. The Hall–Kier alpha value is -1.38. The van der Waals surface area contributed by atoms with Gasteiger partial charge in [0, 0.05) is 35.8 Å². The Balaban J connectivity index is 2.79. The van der Waals surface area contributed by atoms with E-state index in [9.17, 15) is 0 Å². The van der Waals surface area contributed by atoms with Crippen molar-refractivity contribution in [3.05, 3.63) is 23.8 Å². The van der Waals surface area contributed by atoms with Crippen LogP contribution in [0.1, 0.15) is 11.4 Å². The van der Waals surface area contributed by atoms with Crippen molar-refractivity contribution in [3.63, 3.8) is 0 Å². The van der Waals surface area contributed by atoms with Crippen LogP contribution in [-0.4, -0.2) is 14.8 Å².